The Hall–Kier alpha value is -6.65. The summed E-state index contributed by atoms with van der Waals surface area (Å²) in [4.78, 5) is 52.5. The number of phenolic OH excluding ortho intramolecular Hbond substituents is 1. The molecule has 12 heteroatoms. The van der Waals surface area contributed by atoms with Gasteiger partial charge in [-0.15, -0.1) is 0 Å². The summed E-state index contributed by atoms with van der Waals surface area (Å²) >= 11 is 0. The number of carbonyl (C=O) groups is 3. The maximum atomic E-state index is 15.8. The number of fused-ring (bicyclic) bond motifs is 4. The van der Waals surface area contributed by atoms with Gasteiger partial charge in [0.25, 0.3) is 0 Å². The van der Waals surface area contributed by atoms with E-state index in [0.717, 1.165) is 22.4 Å². The molecule has 0 unspecified atom stereocenters. The van der Waals surface area contributed by atoms with Crippen LogP contribution in [0.4, 0.5) is 5.69 Å². The van der Waals surface area contributed by atoms with E-state index in [4.69, 9.17) is 14.2 Å². The molecular weight excluding hydrogens is 773 g/mol. The molecule has 5 aromatic rings. The van der Waals surface area contributed by atoms with E-state index >= 15 is 14.4 Å². The Bertz CT molecular complexity index is 2550. The quantitative estimate of drug-likeness (QED) is 0.143. The lowest BCUT2D eigenvalue weighted by atomic mass is 9.65. The number of carbonyl (C=O) groups excluding carboxylic acids is 3. The highest BCUT2D eigenvalue weighted by molar-refractivity contribution is 6.12. The third-order valence-corrected chi connectivity index (χ3v) is 12.8. The molecule has 3 saturated heterocycles. The molecule has 5 aliphatic rings. The average molecular weight is 817 g/mol. The van der Waals surface area contributed by atoms with Crippen molar-refractivity contribution in [2.24, 2.45) is 5.92 Å². The number of benzene rings is 5. The average Bonchev–Trinajstić information content (AvgIpc) is 3.97. The predicted octanol–water partition coefficient (Wildman–Crippen LogP) is 5.47. The number of aromatic hydroxyl groups is 1. The monoisotopic (exact) mass is 816 g/mol. The Morgan fingerprint density at radius 1 is 0.787 bits per heavy atom. The SMILES string of the molecule is O=C1O[C@H](c2ccccc2)[C@H](c2ccccc2)N2[C@H]1[C@@H](C(=O)N1CCN(Cc3ccc4c(c3)OCO4)CC1)[C@]1(C(=O)Nc3ccc(C#CCCO)cc31)[C@H]2c1ccc(O)cc1. The van der Waals surface area contributed by atoms with Crippen LogP contribution in [0.5, 0.6) is 17.2 Å². The van der Waals surface area contributed by atoms with Crippen LogP contribution in [0.2, 0.25) is 0 Å². The molecule has 61 heavy (non-hydrogen) atoms. The molecule has 308 valence electrons. The maximum absolute atomic E-state index is 15.8. The number of nitrogens with one attached hydrogen (secondary N) is 1. The summed E-state index contributed by atoms with van der Waals surface area (Å²) in [6.45, 7) is 2.62. The van der Waals surface area contributed by atoms with Gasteiger partial charge in [-0.25, -0.2) is 0 Å². The molecule has 3 fully saturated rings. The highest BCUT2D eigenvalue weighted by Crippen LogP contribution is 2.65. The second-order valence-corrected chi connectivity index (χ2v) is 16.1. The number of ether oxygens (including phenoxy) is 3. The fourth-order valence-electron chi connectivity index (χ4n) is 10.1. The minimum Gasteiger partial charge on any atom is -0.508 e. The third-order valence-electron chi connectivity index (χ3n) is 12.8. The maximum Gasteiger partial charge on any atom is 0.324 e. The Labute approximate surface area is 353 Å². The zero-order valence-electron chi connectivity index (χ0n) is 33.3. The molecule has 0 aliphatic carbocycles. The molecule has 5 aliphatic heterocycles. The first-order valence-corrected chi connectivity index (χ1v) is 20.7. The molecule has 0 radical (unpaired) electrons. The van der Waals surface area contributed by atoms with Gasteiger partial charge in [0, 0.05) is 50.4 Å². The summed E-state index contributed by atoms with van der Waals surface area (Å²) in [7, 11) is 0. The van der Waals surface area contributed by atoms with Crippen molar-refractivity contribution in [2.75, 3.05) is 44.9 Å². The van der Waals surface area contributed by atoms with E-state index in [1.165, 1.54) is 0 Å². The number of hydrogen-bond acceptors (Lipinski definition) is 10. The van der Waals surface area contributed by atoms with Crippen molar-refractivity contribution in [3.05, 3.63) is 155 Å². The zero-order valence-corrected chi connectivity index (χ0v) is 33.3. The van der Waals surface area contributed by atoms with Gasteiger partial charge < -0.3 is 34.6 Å². The lowest BCUT2D eigenvalue weighted by Crippen LogP contribution is -2.58. The summed E-state index contributed by atoms with van der Waals surface area (Å²) in [5.74, 6) is 5.05. The van der Waals surface area contributed by atoms with Crippen LogP contribution in [-0.2, 0) is 31.1 Å². The fourth-order valence-corrected chi connectivity index (χ4v) is 10.1. The molecule has 3 N–H and O–H groups in total. The molecule has 6 atom stereocenters. The molecule has 12 nitrogen and oxygen atoms in total. The van der Waals surface area contributed by atoms with Crippen LogP contribution in [0.1, 0.15) is 58.0 Å². The van der Waals surface area contributed by atoms with Crippen LogP contribution in [-0.4, -0.2) is 88.3 Å². The van der Waals surface area contributed by atoms with Crippen molar-refractivity contribution >= 4 is 23.5 Å². The third kappa shape index (κ3) is 6.57. The topological polar surface area (TPSA) is 141 Å². The van der Waals surface area contributed by atoms with E-state index < -0.39 is 47.4 Å². The summed E-state index contributed by atoms with van der Waals surface area (Å²) in [5.41, 5.74) is 3.35. The first kappa shape index (κ1) is 38.5. The molecule has 2 amide bonds. The van der Waals surface area contributed by atoms with E-state index in [-0.39, 0.29) is 31.5 Å². The van der Waals surface area contributed by atoms with E-state index in [9.17, 15) is 10.2 Å². The molecule has 5 aromatic carbocycles. The largest absolute Gasteiger partial charge is 0.508 e. The number of nitrogens with zero attached hydrogens (tertiary/aromatic N) is 3. The molecule has 0 saturated carbocycles. The number of hydrogen-bond donors (Lipinski definition) is 3. The first-order chi connectivity index (χ1) is 29.8. The van der Waals surface area contributed by atoms with Crippen LogP contribution in [0.25, 0.3) is 0 Å². The lowest BCUT2D eigenvalue weighted by Gasteiger charge is -2.46. The molecule has 0 aromatic heterocycles. The number of anilines is 1. The second-order valence-electron chi connectivity index (χ2n) is 16.1. The van der Waals surface area contributed by atoms with Gasteiger partial charge in [-0.2, -0.15) is 0 Å². The highest BCUT2D eigenvalue weighted by atomic mass is 16.7. The number of phenols is 1. The summed E-state index contributed by atoms with van der Waals surface area (Å²) in [6.07, 6.45) is -0.532. The van der Waals surface area contributed by atoms with Gasteiger partial charge in [-0.1, -0.05) is 90.7 Å². The summed E-state index contributed by atoms with van der Waals surface area (Å²) in [5, 5.41) is 23.2. The smallest absolute Gasteiger partial charge is 0.324 e. The van der Waals surface area contributed by atoms with Crippen LogP contribution in [0.3, 0.4) is 0 Å². The lowest BCUT2D eigenvalue weighted by molar-refractivity contribution is -0.179. The van der Waals surface area contributed by atoms with Gasteiger partial charge in [-0.05, 0) is 70.3 Å². The first-order valence-electron chi connectivity index (χ1n) is 20.7. The van der Waals surface area contributed by atoms with Gasteiger partial charge in [0.2, 0.25) is 18.6 Å². The molecule has 10 rings (SSSR count). The van der Waals surface area contributed by atoms with Gasteiger partial charge in [0.05, 0.1) is 24.6 Å². The standard InChI is InChI=1S/C49H44N4O8/c54-26-8-7-9-31-14-20-38-37(27-31)49(48(58)50-38)41(46(56)52-24-22-51(23-25-52)29-32-15-21-39-40(28-32)60-30-59-39)43-47(57)61-44(34-12-5-2-6-13-34)42(33-10-3-1-4-11-33)53(43)45(49)35-16-18-36(55)19-17-35/h1-6,10-21,27-28,41-45,54-55H,8,22-26,29-30H2,(H,50,58)/t41-,42-,43-,44+,45+,49-/m0/s1. The van der Waals surface area contributed by atoms with Crippen LogP contribution >= 0.6 is 0 Å². The Kier molecular flexibility index (Phi) is 9.95. The number of rotatable bonds is 7. The Morgan fingerprint density at radius 3 is 2.25 bits per heavy atom. The van der Waals surface area contributed by atoms with E-state index in [0.29, 0.717) is 60.9 Å². The van der Waals surface area contributed by atoms with Gasteiger partial charge >= 0.3 is 5.97 Å². The number of aliphatic hydroxyl groups excluding tert-OH is 1. The second kappa shape index (κ2) is 15.7. The number of morpholine rings is 1. The van der Waals surface area contributed by atoms with Crippen molar-refractivity contribution in [1.29, 1.82) is 0 Å². The highest BCUT2D eigenvalue weighted by Gasteiger charge is 2.74. The summed E-state index contributed by atoms with van der Waals surface area (Å²) < 4.78 is 17.7. The Morgan fingerprint density at radius 2 is 1.51 bits per heavy atom. The van der Waals surface area contributed by atoms with Crippen LogP contribution < -0.4 is 14.8 Å². The minimum absolute atomic E-state index is 0.0381. The predicted molar refractivity (Wildman–Crippen MR) is 224 cm³/mol. The van der Waals surface area contributed by atoms with Crippen molar-refractivity contribution in [2.45, 2.75) is 42.6 Å². The number of esters is 1. The van der Waals surface area contributed by atoms with Crippen LogP contribution in [0, 0.1) is 17.8 Å². The van der Waals surface area contributed by atoms with Gasteiger partial charge in [0.15, 0.2) is 11.5 Å². The van der Waals surface area contributed by atoms with Crippen molar-refractivity contribution in [3.8, 4) is 29.1 Å². The van der Waals surface area contributed by atoms with Gasteiger partial charge in [0.1, 0.15) is 23.3 Å². The van der Waals surface area contributed by atoms with E-state index in [2.05, 4.69) is 27.0 Å². The molecular formula is C49H44N4O8. The minimum atomic E-state index is -1.66. The number of aliphatic hydroxyl groups is 1. The number of piperazine rings is 1. The zero-order chi connectivity index (χ0) is 41.7. The van der Waals surface area contributed by atoms with Gasteiger partial charge in [-0.3, -0.25) is 24.2 Å². The van der Waals surface area contributed by atoms with Crippen molar-refractivity contribution in [3.63, 3.8) is 0 Å². The molecule has 0 bridgehead atoms. The summed E-state index contributed by atoms with van der Waals surface area (Å²) in [6, 6.07) is 34.7. The van der Waals surface area contributed by atoms with Crippen molar-refractivity contribution < 1.29 is 38.8 Å². The fraction of sp³-hybridized carbons (Fsp3) is 0.286. The van der Waals surface area contributed by atoms with Crippen LogP contribution in [0.15, 0.2) is 121 Å². The normalized spacial score (nSPS) is 25.3. The van der Waals surface area contributed by atoms with E-state index in [1.54, 1.807) is 35.2 Å². The van der Waals surface area contributed by atoms with Crippen molar-refractivity contribution in [1.82, 2.24) is 14.7 Å². The Balaban J connectivity index is 1.13. The van der Waals surface area contributed by atoms with E-state index in [1.807, 2.05) is 91.0 Å². The molecule has 5 heterocycles. The molecule has 1 spiro atoms. The number of cyclic esters (lactones) is 1. The number of amides is 2.